The van der Waals surface area contributed by atoms with Crippen LogP contribution in [0.3, 0.4) is 0 Å². The van der Waals surface area contributed by atoms with Crippen molar-refractivity contribution in [3.63, 3.8) is 0 Å². The van der Waals surface area contributed by atoms with Gasteiger partial charge < -0.3 is 0 Å². The monoisotopic (exact) mass is 406 g/mol. The van der Waals surface area contributed by atoms with Gasteiger partial charge in [0.25, 0.3) is 0 Å². The summed E-state index contributed by atoms with van der Waals surface area (Å²) in [7, 11) is 0. The van der Waals surface area contributed by atoms with Crippen LogP contribution in [0.4, 0.5) is 0 Å². The summed E-state index contributed by atoms with van der Waals surface area (Å²) in [6.45, 7) is 8.19. The van der Waals surface area contributed by atoms with Crippen molar-refractivity contribution >= 4 is 28.6 Å². The van der Waals surface area contributed by atoms with Crippen molar-refractivity contribution in [3.8, 4) is 27.9 Å². The fourth-order valence-corrected chi connectivity index (χ4v) is 4.35. The quantitative estimate of drug-likeness (QED) is 0.369. The highest BCUT2D eigenvalue weighted by Crippen LogP contribution is 2.38. The average Bonchev–Trinajstić information content (AvgIpc) is 3.30. The van der Waals surface area contributed by atoms with Gasteiger partial charge >= 0.3 is 0 Å². The highest BCUT2D eigenvalue weighted by molar-refractivity contribution is 7.13. The number of pyridine rings is 1. The number of benzene rings is 1. The Hall–Kier alpha value is -2.68. The Labute approximate surface area is 173 Å². The van der Waals surface area contributed by atoms with Crippen LogP contribution in [0, 0.1) is 18.3 Å². The lowest BCUT2D eigenvalue weighted by Crippen LogP contribution is -2.11. The number of hydrogen-bond acceptors (Lipinski definition) is 4. The van der Waals surface area contributed by atoms with Crippen molar-refractivity contribution in [2.24, 2.45) is 0 Å². The van der Waals surface area contributed by atoms with Gasteiger partial charge in [-0.15, -0.1) is 11.3 Å². The lowest BCUT2D eigenvalue weighted by atomic mass is 9.93. The van der Waals surface area contributed by atoms with Crippen molar-refractivity contribution in [1.29, 1.82) is 5.26 Å². The van der Waals surface area contributed by atoms with Crippen molar-refractivity contribution < 1.29 is 0 Å². The van der Waals surface area contributed by atoms with Gasteiger partial charge in [0.2, 0.25) is 0 Å². The second kappa shape index (κ2) is 6.73. The molecule has 0 atom stereocenters. The van der Waals surface area contributed by atoms with E-state index in [1.807, 2.05) is 53.2 Å². The first-order chi connectivity index (χ1) is 13.3. The van der Waals surface area contributed by atoms with Crippen molar-refractivity contribution in [3.05, 3.63) is 63.9 Å². The number of thiazole rings is 1. The molecule has 0 amide bonds. The zero-order valence-electron chi connectivity index (χ0n) is 16.1. The molecule has 0 aliphatic heterocycles. The Morgan fingerprint density at radius 2 is 1.86 bits per heavy atom. The highest BCUT2D eigenvalue weighted by atomic mass is 35.5. The molecule has 0 unspecified atom stereocenters. The van der Waals surface area contributed by atoms with Crippen LogP contribution in [0.5, 0.6) is 0 Å². The van der Waals surface area contributed by atoms with Crippen LogP contribution in [0.2, 0.25) is 5.15 Å². The minimum absolute atomic E-state index is 0.142. The third kappa shape index (κ3) is 2.99. The van der Waals surface area contributed by atoms with Crippen LogP contribution in [-0.2, 0) is 5.41 Å². The molecule has 6 heteroatoms. The molecule has 28 heavy (non-hydrogen) atoms. The van der Waals surface area contributed by atoms with Crippen molar-refractivity contribution in [2.75, 3.05) is 0 Å². The molecule has 0 aliphatic rings. The van der Waals surface area contributed by atoms with Crippen LogP contribution in [-0.4, -0.2) is 14.4 Å². The molecular weight excluding hydrogens is 388 g/mol. The van der Waals surface area contributed by atoms with E-state index in [1.165, 1.54) is 0 Å². The van der Waals surface area contributed by atoms with E-state index in [4.69, 9.17) is 21.6 Å². The third-order valence-electron chi connectivity index (χ3n) is 4.76. The molecule has 0 bridgehead atoms. The number of nitriles is 1. The SMILES string of the molecule is Cc1c(-c2csc(-c3ccccc3)n2)c(Cl)n2cc(C(C)(C)C)nc2c1C#N. The van der Waals surface area contributed by atoms with Gasteiger partial charge in [0.05, 0.1) is 17.0 Å². The number of imidazole rings is 1. The van der Waals surface area contributed by atoms with Crippen LogP contribution in [0.1, 0.15) is 37.6 Å². The van der Waals surface area contributed by atoms with Gasteiger partial charge in [0.1, 0.15) is 16.2 Å². The number of aromatic nitrogens is 3. The zero-order valence-corrected chi connectivity index (χ0v) is 17.7. The Morgan fingerprint density at radius 3 is 2.50 bits per heavy atom. The van der Waals surface area contributed by atoms with E-state index in [1.54, 1.807) is 11.3 Å². The minimum Gasteiger partial charge on any atom is -0.288 e. The molecule has 0 spiro atoms. The minimum atomic E-state index is -0.142. The van der Waals surface area contributed by atoms with E-state index in [0.717, 1.165) is 33.1 Å². The second-order valence-electron chi connectivity index (χ2n) is 7.75. The van der Waals surface area contributed by atoms with Crippen LogP contribution >= 0.6 is 22.9 Å². The maximum Gasteiger partial charge on any atom is 0.156 e. The smallest absolute Gasteiger partial charge is 0.156 e. The Kier molecular flexibility index (Phi) is 4.49. The first-order valence-electron chi connectivity index (χ1n) is 8.94. The van der Waals surface area contributed by atoms with Gasteiger partial charge in [0.15, 0.2) is 5.65 Å². The molecule has 0 saturated heterocycles. The van der Waals surface area contributed by atoms with E-state index < -0.39 is 0 Å². The number of halogens is 1. The van der Waals surface area contributed by atoms with E-state index >= 15 is 0 Å². The first-order valence-corrected chi connectivity index (χ1v) is 10.2. The van der Waals surface area contributed by atoms with E-state index in [2.05, 4.69) is 26.8 Å². The Bertz CT molecular complexity index is 1220. The van der Waals surface area contributed by atoms with E-state index in [-0.39, 0.29) is 5.41 Å². The summed E-state index contributed by atoms with van der Waals surface area (Å²) in [5.74, 6) is 0. The van der Waals surface area contributed by atoms with E-state index in [0.29, 0.717) is 16.4 Å². The van der Waals surface area contributed by atoms with Crippen molar-refractivity contribution in [1.82, 2.24) is 14.4 Å². The van der Waals surface area contributed by atoms with Gasteiger partial charge in [-0.2, -0.15) is 5.26 Å². The highest BCUT2D eigenvalue weighted by Gasteiger charge is 2.24. The molecule has 140 valence electrons. The average molecular weight is 407 g/mol. The maximum absolute atomic E-state index is 9.81. The van der Waals surface area contributed by atoms with Crippen LogP contribution in [0.15, 0.2) is 41.9 Å². The lowest BCUT2D eigenvalue weighted by molar-refractivity contribution is 0.573. The summed E-state index contributed by atoms with van der Waals surface area (Å²) in [6, 6.07) is 12.4. The molecule has 0 radical (unpaired) electrons. The number of rotatable bonds is 2. The summed E-state index contributed by atoms with van der Waals surface area (Å²) in [6.07, 6.45) is 1.92. The summed E-state index contributed by atoms with van der Waals surface area (Å²) in [5.41, 5.74) is 5.30. The summed E-state index contributed by atoms with van der Waals surface area (Å²) >= 11 is 8.37. The molecule has 0 aliphatic carbocycles. The first kappa shape index (κ1) is 18.7. The fraction of sp³-hybridized carbons (Fsp3) is 0.227. The predicted octanol–water partition coefficient (Wildman–Crippen LogP) is 6.26. The van der Waals surface area contributed by atoms with Gasteiger partial charge in [-0.25, -0.2) is 9.97 Å². The van der Waals surface area contributed by atoms with Gasteiger partial charge in [-0.1, -0.05) is 62.7 Å². The molecule has 1 aromatic carbocycles. The van der Waals surface area contributed by atoms with E-state index in [9.17, 15) is 5.26 Å². The standard InChI is InChI=1S/C22H19ClN4S/c1-13-15(10-24)20-26-17(22(2,3)4)11-27(20)19(23)18(13)16-12-28-21(25-16)14-8-6-5-7-9-14/h5-9,11-12H,1-4H3. The molecule has 4 nitrogen and oxygen atoms in total. The molecule has 4 rings (SSSR count). The largest absolute Gasteiger partial charge is 0.288 e. The third-order valence-corrected chi connectivity index (χ3v) is 6.02. The molecular formula is C22H19ClN4S. The van der Waals surface area contributed by atoms with Crippen LogP contribution in [0.25, 0.3) is 27.5 Å². The summed E-state index contributed by atoms with van der Waals surface area (Å²) in [5, 5.41) is 13.3. The Balaban J connectivity index is 1.96. The maximum atomic E-state index is 9.81. The molecule has 3 heterocycles. The number of fused-ring (bicyclic) bond motifs is 1. The molecule has 3 aromatic heterocycles. The van der Waals surface area contributed by atoms with Crippen LogP contribution < -0.4 is 0 Å². The molecule has 0 fully saturated rings. The number of nitrogens with zero attached hydrogens (tertiary/aromatic N) is 4. The fourth-order valence-electron chi connectivity index (χ4n) is 3.17. The topological polar surface area (TPSA) is 54.0 Å². The van der Waals surface area contributed by atoms with Gasteiger partial charge in [-0.05, 0) is 12.5 Å². The van der Waals surface area contributed by atoms with Crippen molar-refractivity contribution in [2.45, 2.75) is 33.1 Å². The van der Waals surface area contributed by atoms with Gasteiger partial charge in [-0.3, -0.25) is 4.40 Å². The molecule has 0 N–H and O–H groups in total. The summed E-state index contributed by atoms with van der Waals surface area (Å²) < 4.78 is 1.81. The van der Waals surface area contributed by atoms with Gasteiger partial charge in [0, 0.05) is 28.1 Å². The zero-order chi connectivity index (χ0) is 20.1. The lowest BCUT2D eigenvalue weighted by Gasteiger charge is -2.13. The predicted molar refractivity (Wildman–Crippen MR) is 115 cm³/mol. The Morgan fingerprint density at radius 1 is 1.14 bits per heavy atom. The normalized spacial score (nSPS) is 11.7. The molecule has 0 saturated carbocycles. The number of hydrogen-bond donors (Lipinski definition) is 0. The summed E-state index contributed by atoms with van der Waals surface area (Å²) in [4.78, 5) is 9.50. The second-order valence-corrected chi connectivity index (χ2v) is 8.97. The molecule has 4 aromatic rings.